The van der Waals surface area contributed by atoms with Crippen LogP contribution in [-0.2, 0) is 6.54 Å². The fraction of sp³-hybridized carbons (Fsp3) is 0.400. The molecular formula is C15H20N2O. The van der Waals surface area contributed by atoms with E-state index >= 15 is 0 Å². The first-order valence-corrected chi connectivity index (χ1v) is 6.36. The topological polar surface area (TPSA) is 45.1 Å². The van der Waals surface area contributed by atoms with E-state index in [0.29, 0.717) is 0 Å². The van der Waals surface area contributed by atoms with E-state index in [9.17, 15) is 5.11 Å². The number of aromatic nitrogens is 1. The third-order valence-corrected chi connectivity index (χ3v) is 3.52. The highest BCUT2D eigenvalue weighted by atomic mass is 16.3. The lowest BCUT2D eigenvalue weighted by atomic mass is 9.99. The van der Waals surface area contributed by atoms with Gasteiger partial charge in [-0.25, -0.2) is 0 Å². The van der Waals surface area contributed by atoms with Gasteiger partial charge in [-0.2, -0.15) is 0 Å². The molecule has 0 aliphatic rings. The van der Waals surface area contributed by atoms with E-state index in [0.717, 1.165) is 23.9 Å². The van der Waals surface area contributed by atoms with Crippen molar-refractivity contribution < 1.29 is 5.11 Å². The van der Waals surface area contributed by atoms with E-state index in [2.05, 4.69) is 35.4 Å². The molecule has 0 aliphatic heterocycles. The molecule has 0 radical (unpaired) electrons. The molecule has 0 spiro atoms. The Hall–Kier alpha value is -1.45. The molecule has 96 valence electrons. The predicted molar refractivity (Wildman–Crippen MR) is 74.4 cm³/mol. The highest BCUT2D eigenvalue weighted by molar-refractivity contribution is 5.78. The molecule has 0 saturated heterocycles. The lowest BCUT2D eigenvalue weighted by molar-refractivity contribution is 0.169. The van der Waals surface area contributed by atoms with Gasteiger partial charge in [0.15, 0.2) is 0 Å². The van der Waals surface area contributed by atoms with E-state index in [1.54, 1.807) is 6.20 Å². The second-order valence-corrected chi connectivity index (χ2v) is 4.96. The molecule has 0 amide bonds. The van der Waals surface area contributed by atoms with Gasteiger partial charge in [0.2, 0.25) is 0 Å². The standard InChI is InChI=1S/C15H20N2O/c1-3-15(2,11-18)17-10-12-6-7-14-13(9-12)5-4-8-16-14/h4-9,17-18H,3,10-11H2,1-2H3. The molecule has 1 aromatic heterocycles. The number of hydrogen-bond acceptors (Lipinski definition) is 3. The molecule has 0 bridgehead atoms. The summed E-state index contributed by atoms with van der Waals surface area (Å²) in [7, 11) is 0. The molecule has 0 fully saturated rings. The summed E-state index contributed by atoms with van der Waals surface area (Å²) in [4.78, 5) is 4.30. The van der Waals surface area contributed by atoms with Crippen molar-refractivity contribution >= 4 is 10.9 Å². The van der Waals surface area contributed by atoms with Crippen LogP contribution >= 0.6 is 0 Å². The van der Waals surface area contributed by atoms with Gasteiger partial charge in [0.1, 0.15) is 0 Å². The summed E-state index contributed by atoms with van der Waals surface area (Å²) in [5, 5.41) is 13.9. The van der Waals surface area contributed by atoms with Crippen molar-refractivity contribution in [3.8, 4) is 0 Å². The van der Waals surface area contributed by atoms with E-state index in [1.807, 2.05) is 19.1 Å². The van der Waals surface area contributed by atoms with Crippen LogP contribution in [0.4, 0.5) is 0 Å². The van der Waals surface area contributed by atoms with Crippen LogP contribution in [0.25, 0.3) is 10.9 Å². The average molecular weight is 244 g/mol. The van der Waals surface area contributed by atoms with Gasteiger partial charge in [-0.1, -0.05) is 19.1 Å². The van der Waals surface area contributed by atoms with Crippen molar-refractivity contribution in [1.82, 2.24) is 10.3 Å². The van der Waals surface area contributed by atoms with Crippen molar-refractivity contribution in [2.75, 3.05) is 6.61 Å². The lowest BCUT2D eigenvalue weighted by Gasteiger charge is -2.27. The summed E-state index contributed by atoms with van der Waals surface area (Å²) in [6, 6.07) is 10.3. The van der Waals surface area contributed by atoms with Crippen LogP contribution in [0, 0.1) is 0 Å². The third kappa shape index (κ3) is 2.86. The lowest BCUT2D eigenvalue weighted by Crippen LogP contribution is -2.44. The Balaban J connectivity index is 2.12. The van der Waals surface area contributed by atoms with Crippen molar-refractivity contribution in [2.45, 2.75) is 32.4 Å². The number of rotatable bonds is 5. The van der Waals surface area contributed by atoms with Crippen LogP contribution in [0.2, 0.25) is 0 Å². The minimum absolute atomic E-state index is 0.151. The summed E-state index contributed by atoms with van der Waals surface area (Å²) in [5.41, 5.74) is 2.02. The fourth-order valence-electron chi connectivity index (χ4n) is 1.84. The summed E-state index contributed by atoms with van der Waals surface area (Å²) in [6.45, 7) is 5.03. The van der Waals surface area contributed by atoms with Gasteiger partial charge in [0.05, 0.1) is 12.1 Å². The van der Waals surface area contributed by atoms with Crippen LogP contribution in [0.1, 0.15) is 25.8 Å². The Labute approximate surface area is 108 Å². The second-order valence-electron chi connectivity index (χ2n) is 4.96. The minimum atomic E-state index is -0.204. The zero-order chi connectivity index (χ0) is 13.0. The molecule has 1 aromatic carbocycles. The molecule has 3 nitrogen and oxygen atoms in total. The number of fused-ring (bicyclic) bond motifs is 1. The number of nitrogens with zero attached hydrogens (tertiary/aromatic N) is 1. The van der Waals surface area contributed by atoms with Gasteiger partial charge in [-0.05, 0) is 37.1 Å². The van der Waals surface area contributed by atoms with Crippen LogP contribution in [0.15, 0.2) is 36.5 Å². The quantitative estimate of drug-likeness (QED) is 0.849. The van der Waals surface area contributed by atoms with E-state index in [4.69, 9.17) is 0 Å². The van der Waals surface area contributed by atoms with Gasteiger partial charge in [0, 0.05) is 23.7 Å². The smallest absolute Gasteiger partial charge is 0.0702 e. The number of pyridine rings is 1. The molecule has 1 atom stereocenters. The number of aliphatic hydroxyl groups excluding tert-OH is 1. The predicted octanol–water partition coefficient (Wildman–Crippen LogP) is 2.49. The van der Waals surface area contributed by atoms with E-state index < -0.39 is 0 Å². The molecule has 2 N–H and O–H groups in total. The maximum Gasteiger partial charge on any atom is 0.0702 e. The van der Waals surface area contributed by atoms with Crippen LogP contribution in [0.3, 0.4) is 0 Å². The SMILES string of the molecule is CCC(C)(CO)NCc1ccc2ncccc2c1. The summed E-state index contributed by atoms with van der Waals surface area (Å²) in [5.74, 6) is 0. The second kappa shape index (κ2) is 5.46. The maximum atomic E-state index is 9.36. The molecule has 0 aliphatic carbocycles. The monoisotopic (exact) mass is 244 g/mol. The zero-order valence-corrected chi connectivity index (χ0v) is 11.0. The summed E-state index contributed by atoms with van der Waals surface area (Å²) < 4.78 is 0. The van der Waals surface area contributed by atoms with Crippen LogP contribution < -0.4 is 5.32 Å². The fourth-order valence-corrected chi connectivity index (χ4v) is 1.84. The largest absolute Gasteiger partial charge is 0.394 e. The number of aliphatic hydroxyl groups is 1. The molecule has 1 unspecified atom stereocenters. The Morgan fingerprint density at radius 2 is 2.17 bits per heavy atom. The van der Waals surface area contributed by atoms with Gasteiger partial charge < -0.3 is 10.4 Å². The van der Waals surface area contributed by atoms with Gasteiger partial charge in [-0.3, -0.25) is 4.98 Å². The number of nitrogens with one attached hydrogen (secondary N) is 1. The molecule has 0 saturated carbocycles. The molecule has 18 heavy (non-hydrogen) atoms. The third-order valence-electron chi connectivity index (χ3n) is 3.52. The number of benzene rings is 1. The highest BCUT2D eigenvalue weighted by Gasteiger charge is 2.19. The van der Waals surface area contributed by atoms with Crippen molar-refractivity contribution in [3.05, 3.63) is 42.1 Å². The molecule has 3 heteroatoms. The Kier molecular flexibility index (Phi) is 3.94. The summed E-state index contributed by atoms with van der Waals surface area (Å²) in [6.07, 6.45) is 2.71. The van der Waals surface area contributed by atoms with Gasteiger partial charge in [0.25, 0.3) is 0 Å². The maximum absolute atomic E-state index is 9.36. The Morgan fingerprint density at radius 1 is 1.33 bits per heavy atom. The Morgan fingerprint density at radius 3 is 2.89 bits per heavy atom. The zero-order valence-electron chi connectivity index (χ0n) is 11.0. The minimum Gasteiger partial charge on any atom is -0.394 e. The summed E-state index contributed by atoms with van der Waals surface area (Å²) >= 11 is 0. The normalized spacial score (nSPS) is 14.6. The first kappa shape index (κ1) is 13.0. The molecular weight excluding hydrogens is 224 g/mol. The van der Waals surface area contributed by atoms with Crippen molar-refractivity contribution in [1.29, 1.82) is 0 Å². The van der Waals surface area contributed by atoms with Gasteiger partial charge in [-0.15, -0.1) is 0 Å². The Bertz CT molecular complexity index is 521. The van der Waals surface area contributed by atoms with E-state index in [-0.39, 0.29) is 12.1 Å². The first-order valence-electron chi connectivity index (χ1n) is 6.36. The molecule has 2 aromatic rings. The first-order chi connectivity index (χ1) is 8.67. The average Bonchev–Trinajstić information content (AvgIpc) is 2.44. The van der Waals surface area contributed by atoms with Crippen LogP contribution in [0.5, 0.6) is 0 Å². The van der Waals surface area contributed by atoms with E-state index in [1.165, 1.54) is 5.56 Å². The number of hydrogen-bond donors (Lipinski definition) is 2. The molecule has 1 heterocycles. The van der Waals surface area contributed by atoms with Gasteiger partial charge >= 0.3 is 0 Å². The van der Waals surface area contributed by atoms with Crippen molar-refractivity contribution in [2.24, 2.45) is 0 Å². The van der Waals surface area contributed by atoms with Crippen molar-refractivity contribution in [3.63, 3.8) is 0 Å². The molecule has 2 rings (SSSR count). The highest BCUT2D eigenvalue weighted by Crippen LogP contribution is 2.15. The van der Waals surface area contributed by atoms with Crippen LogP contribution in [-0.4, -0.2) is 22.2 Å².